The minimum Gasteiger partial charge on any atom is -0.412 e. The molecule has 0 aromatic heterocycles. The standard InChI is InChI=1S/Fe.3NO3.4H2O/c;3*2-1(3)4;;;;/h;;;;4*1H2/q+3;3*-1;;;;. The largest absolute Gasteiger partial charge is 3.00 e. The van der Waals surface area contributed by atoms with E-state index in [-0.39, 0.29) is 39.0 Å². The number of hydrogen-bond acceptors (Lipinski definition) is 9. The molecular formula is H8FeN3O13. The van der Waals surface area contributed by atoms with Gasteiger partial charge in [0, 0.05) is 0 Å². The van der Waals surface area contributed by atoms with Crippen LogP contribution in [0.3, 0.4) is 0 Å². The molecule has 0 atom stereocenters. The molecule has 109 valence electrons. The van der Waals surface area contributed by atoms with Crippen molar-refractivity contribution >= 4 is 0 Å². The van der Waals surface area contributed by atoms with Crippen molar-refractivity contribution in [2.45, 2.75) is 0 Å². The predicted molar refractivity (Wildman–Crippen MR) is 45.5 cm³/mol. The molecule has 16 nitrogen and oxygen atoms in total. The molecule has 0 bridgehead atoms. The Kier molecular flexibility index (Phi) is 171. The number of nitrogens with zero attached hydrogens (tertiary/aromatic N) is 3. The van der Waals surface area contributed by atoms with Crippen LogP contribution in [0, 0.1) is 46.0 Å². The van der Waals surface area contributed by atoms with E-state index < -0.39 is 15.3 Å². The van der Waals surface area contributed by atoms with Gasteiger partial charge in [0.25, 0.3) is 0 Å². The summed E-state index contributed by atoms with van der Waals surface area (Å²) in [5.74, 6) is 0. The van der Waals surface area contributed by atoms with Gasteiger partial charge in [-0.05, 0) is 0 Å². The zero-order chi connectivity index (χ0) is 10.7. The summed E-state index contributed by atoms with van der Waals surface area (Å²) < 4.78 is 0. The Hall–Kier alpha value is -2.04. The summed E-state index contributed by atoms with van der Waals surface area (Å²) in [6, 6.07) is 0. The van der Waals surface area contributed by atoms with Crippen LogP contribution in [-0.2, 0) is 17.1 Å². The normalized spacial score (nSPS) is 4.24. The quantitative estimate of drug-likeness (QED) is 0.238. The zero-order valence-electron chi connectivity index (χ0n) is 7.37. The van der Waals surface area contributed by atoms with Gasteiger partial charge >= 0.3 is 17.1 Å². The van der Waals surface area contributed by atoms with Crippen molar-refractivity contribution < 1.29 is 54.2 Å². The van der Waals surface area contributed by atoms with Crippen molar-refractivity contribution in [3.8, 4) is 0 Å². The fourth-order valence-corrected chi connectivity index (χ4v) is 0. The smallest absolute Gasteiger partial charge is 0.412 e. The van der Waals surface area contributed by atoms with Crippen molar-refractivity contribution in [3.63, 3.8) is 0 Å². The van der Waals surface area contributed by atoms with Crippen LogP contribution >= 0.6 is 0 Å². The van der Waals surface area contributed by atoms with Crippen LogP contribution < -0.4 is 0 Å². The number of rotatable bonds is 0. The average Bonchev–Trinajstić information content (AvgIpc) is 1.54. The minimum absolute atomic E-state index is 0. The van der Waals surface area contributed by atoms with Crippen LogP contribution in [0.25, 0.3) is 0 Å². The maximum absolute atomic E-state index is 8.25. The first-order valence-electron chi connectivity index (χ1n) is 1.64. The molecular weight excluding hydrogens is 306 g/mol. The summed E-state index contributed by atoms with van der Waals surface area (Å²) >= 11 is 0. The summed E-state index contributed by atoms with van der Waals surface area (Å²) in [6.07, 6.45) is 0. The molecule has 0 unspecified atom stereocenters. The SMILES string of the molecule is O.O.O.O.O=[N+]([O-])[O-].O=[N+]([O-])[O-].O=[N+]([O-])[O-].[Fe+3]. The predicted octanol–water partition coefficient (Wildman–Crippen LogP) is -4.02. The first-order valence-corrected chi connectivity index (χ1v) is 1.64. The van der Waals surface area contributed by atoms with Gasteiger partial charge in [-0.2, -0.15) is 0 Å². The third-order valence-corrected chi connectivity index (χ3v) is 0. The van der Waals surface area contributed by atoms with Crippen molar-refractivity contribution in [3.05, 3.63) is 46.0 Å². The van der Waals surface area contributed by atoms with Crippen LogP contribution in [-0.4, -0.2) is 37.2 Å². The molecule has 17 heteroatoms. The van der Waals surface area contributed by atoms with Gasteiger partial charge < -0.3 is 67.9 Å². The van der Waals surface area contributed by atoms with Crippen LogP contribution in [0.1, 0.15) is 0 Å². The van der Waals surface area contributed by atoms with Gasteiger partial charge in [-0.25, -0.2) is 0 Å². The van der Waals surface area contributed by atoms with Crippen molar-refractivity contribution in [1.82, 2.24) is 0 Å². The third kappa shape index (κ3) is 480. The van der Waals surface area contributed by atoms with Crippen LogP contribution in [0.4, 0.5) is 0 Å². The molecule has 0 fully saturated rings. The van der Waals surface area contributed by atoms with Crippen LogP contribution in [0.15, 0.2) is 0 Å². The van der Waals surface area contributed by atoms with E-state index in [1.54, 1.807) is 0 Å². The minimum atomic E-state index is -1.75. The van der Waals surface area contributed by atoms with Crippen molar-refractivity contribution in [2.24, 2.45) is 0 Å². The van der Waals surface area contributed by atoms with Crippen molar-refractivity contribution in [2.75, 3.05) is 0 Å². The van der Waals surface area contributed by atoms with Crippen molar-refractivity contribution in [1.29, 1.82) is 0 Å². The summed E-state index contributed by atoms with van der Waals surface area (Å²) in [5, 5.41) is 44.2. The fraction of sp³-hybridized carbons (Fsp3) is 0. The zero-order valence-corrected chi connectivity index (χ0v) is 8.47. The Morgan fingerprint density at radius 2 is 0.471 bits per heavy atom. The molecule has 0 aliphatic heterocycles. The molecule has 0 spiro atoms. The first kappa shape index (κ1) is 60.2. The molecule has 0 aromatic carbocycles. The molecule has 8 N–H and O–H groups in total. The Labute approximate surface area is 101 Å². The summed E-state index contributed by atoms with van der Waals surface area (Å²) in [5.41, 5.74) is 0. The van der Waals surface area contributed by atoms with E-state index >= 15 is 0 Å². The molecule has 0 aromatic rings. The second-order valence-corrected chi connectivity index (χ2v) is 0.671. The van der Waals surface area contributed by atoms with Gasteiger partial charge in [-0.15, -0.1) is 0 Å². The van der Waals surface area contributed by atoms with E-state index in [9.17, 15) is 0 Å². The first-order chi connectivity index (χ1) is 5.20. The molecule has 0 rings (SSSR count). The van der Waals surface area contributed by atoms with Gasteiger partial charge in [0.05, 0.1) is 15.3 Å². The molecule has 0 aliphatic carbocycles. The molecule has 0 saturated heterocycles. The second kappa shape index (κ2) is 48.4. The Morgan fingerprint density at radius 3 is 0.471 bits per heavy atom. The maximum atomic E-state index is 8.25. The van der Waals surface area contributed by atoms with E-state index in [2.05, 4.69) is 0 Å². The summed E-state index contributed by atoms with van der Waals surface area (Å²) in [6.45, 7) is 0. The average molecular weight is 314 g/mol. The third-order valence-electron chi connectivity index (χ3n) is 0. The second-order valence-electron chi connectivity index (χ2n) is 0.671. The van der Waals surface area contributed by atoms with Crippen LogP contribution in [0.2, 0.25) is 0 Å². The van der Waals surface area contributed by atoms with Gasteiger partial charge in [-0.1, -0.05) is 0 Å². The van der Waals surface area contributed by atoms with E-state index in [0.29, 0.717) is 0 Å². The van der Waals surface area contributed by atoms with E-state index in [1.807, 2.05) is 0 Å². The molecule has 0 aliphatic rings. The Balaban J connectivity index is -0.0000000104. The summed E-state index contributed by atoms with van der Waals surface area (Å²) in [4.78, 5) is 24.8. The van der Waals surface area contributed by atoms with Gasteiger partial charge in [0.15, 0.2) is 0 Å². The maximum Gasteiger partial charge on any atom is 3.00 e. The Bertz CT molecular complexity index is 114. The van der Waals surface area contributed by atoms with Gasteiger partial charge in [-0.3, -0.25) is 0 Å². The molecule has 17 heavy (non-hydrogen) atoms. The van der Waals surface area contributed by atoms with E-state index in [1.165, 1.54) is 0 Å². The topological polar surface area (TPSA) is 325 Å². The van der Waals surface area contributed by atoms with Gasteiger partial charge in [0.1, 0.15) is 0 Å². The molecule has 0 saturated carbocycles. The van der Waals surface area contributed by atoms with Crippen LogP contribution in [0.5, 0.6) is 0 Å². The molecule has 0 amide bonds. The Morgan fingerprint density at radius 1 is 0.471 bits per heavy atom. The number of hydrogen-bond donors (Lipinski definition) is 0. The monoisotopic (exact) mass is 314 g/mol. The molecule has 1 radical (unpaired) electrons. The van der Waals surface area contributed by atoms with E-state index in [4.69, 9.17) is 46.0 Å². The fourth-order valence-electron chi connectivity index (χ4n) is 0. The summed E-state index contributed by atoms with van der Waals surface area (Å²) in [7, 11) is 0. The van der Waals surface area contributed by atoms with Gasteiger partial charge in [0.2, 0.25) is 0 Å². The van der Waals surface area contributed by atoms with E-state index in [0.717, 1.165) is 0 Å². The molecule has 0 heterocycles.